The SMILES string of the molecule is CCc1nn(C)c(CNCC(=O)N2CCCCC2)c1Cl. The molecule has 0 aromatic carbocycles. The third kappa shape index (κ3) is 3.52. The first-order chi connectivity index (χ1) is 9.63. The molecule has 1 fully saturated rings. The highest BCUT2D eigenvalue weighted by molar-refractivity contribution is 6.31. The molecule has 6 heteroatoms. The Hall–Kier alpha value is -1.07. The Morgan fingerprint density at radius 1 is 1.35 bits per heavy atom. The van der Waals surface area contributed by atoms with Crippen molar-refractivity contribution < 1.29 is 4.79 Å². The molecule has 1 saturated heterocycles. The number of nitrogens with zero attached hydrogens (tertiary/aromatic N) is 3. The van der Waals surface area contributed by atoms with Gasteiger partial charge in [0.05, 0.1) is 23.0 Å². The molecule has 0 spiro atoms. The van der Waals surface area contributed by atoms with Crippen LogP contribution in [0.5, 0.6) is 0 Å². The van der Waals surface area contributed by atoms with E-state index in [0.29, 0.717) is 18.1 Å². The Morgan fingerprint density at radius 2 is 2.05 bits per heavy atom. The van der Waals surface area contributed by atoms with Gasteiger partial charge in [0.2, 0.25) is 5.91 Å². The number of piperidine rings is 1. The number of hydrogen-bond donors (Lipinski definition) is 1. The van der Waals surface area contributed by atoms with E-state index in [1.165, 1.54) is 6.42 Å². The third-order valence-corrected chi connectivity index (χ3v) is 4.22. The predicted molar refractivity (Wildman–Crippen MR) is 79.7 cm³/mol. The molecule has 20 heavy (non-hydrogen) atoms. The molecular weight excluding hydrogens is 276 g/mol. The van der Waals surface area contributed by atoms with Gasteiger partial charge in [0.1, 0.15) is 0 Å². The van der Waals surface area contributed by atoms with Crippen molar-refractivity contribution in [3.05, 3.63) is 16.4 Å². The molecule has 0 saturated carbocycles. The van der Waals surface area contributed by atoms with E-state index in [0.717, 1.165) is 43.7 Å². The van der Waals surface area contributed by atoms with E-state index in [-0.39, 0.29) is 5.91 Å². The minimum atomic E-state index is 0.179. The summed E-state index contributed by atoms with van der Waals surface area (Å²) < 4.78 is 1.79. The highest BCUT2D eigenvalue weighted by Gasteiger charge is 2.17. The van der Waals surface area contributed by atoms with Crippen molar-refractivity contribution >= 4 is 17.5 Å². The third-order valence-electron chi connectivity index (χ3n) is 3.78. The molecule has 5 nitrogen and oxygen atoms in total. The second-order valence-corrected chi connectivity index (χ2v) is 5.61. The summed E-state index contributed by atoms with van der Waals surface area (Å²) in [6.07, 6.45) is 4.30. The molecule has 0 aliphatic carbocycles. The van der Waals surface area contributed by atoms with Gasteiger partial charge in [-0.15, -0.1) is 0 Å². The number of carbonyl (C=O) groups is 1. The number of hydrogen-bond acceptors (Lipinski definition) is 3. The van der Waals surface area contributed by atoms with E-state index in [1.807, 2.05) is 18.9 Å². The largest absolute Gasteiger partial charge is 0.342 e. The van der Waals surface area contributed by atoms with Crippen LogP contribution in [0.2, 0.25) is 5.02 Å². The topological polar surface area (TPSA) is 50.2 Å². The van der Waals surface area contributed by atoms with Crippen molar-refractivity contribution in [3.8, 4) is 0 Å². The lowest BCUT2D eigenvalue weighted by Gasteiger charge is -2.26. The predicted octanol–water partition coefficient (Wildman–Crippen LogP) is 1.74. The van der Waals surface area contributed by atoms with Crippen LogP contribution >= 0.6 is 11.6 Å². The lowest BCUT2D eigenvalue weighted by Crippen LogP contribution is -2.41. The fourth-order valence-electron chi connectivity index (χ4n) is 2.55. The number of aromatic nitrogens is 2. The maximum absolute atomic E-state index is 12.0. The number of halogens is 1. The smallest absolute Gasteiger partial charge is 0.236 e. The standard InChI is InChI=1S/C14H23ClN4O/c1-3-11-14(15)12(18(2)17-11)9-16-10-13(20)19-7-5-4-6-8-19/h16H,3-10H2,1-2H3. The zero-order valence-electron chi connectivity index (χ0n) is 12.3. The molecule has 0 bridgehead atoms. The lowest BCUT2D eigenvalue weighted by atomic mass is 10.1. The van der Waals surface area contributed by atoms with Gasteiger partial charge in [0, 0.05) is 26.7 Å². The van der Waals surface area contributed by atoms with Crippen LogP contribution in [0.4, 0.5) is 0 Å². The van der Waals surface area contributed by atoms with Crippen molar-refractivity contribution in [1.82, 2.24) is 20.0 Å². The molecule has 112 valence electrons. The first-order valence-electron chi connectivity index (χ1n) is 7.32. The van der Waals surface area contributed by atoms with Crippen LogP contribution in [0, 0.1) is 0 Å². The first-order valence-corrected chi connectivity index (χ1v) is 7.70. The Bertz CT molecular complexity index is 466. The minimum Gasteiger partial charge on any atom is -0.342 e. The van der Waals surface area contributed by atoms with Gasteiger partial charge >= 0.3 is 0 Å². The molecular formula is C14H23ClN4O. The zero-order valence-corrected chi connectivity index (χ0v) is 13.0. The van der Waals surface area contributed by atoms with Crippen LogP contribution in [0.1, 0.15) is 37.6 Å². The summed E-state index contributed by atoms with van der Waals surface area (Å²) in [6.45, 7) is 4.76. The number of nitrogens with one attached hydrogen (secondary N) is 1. The fraction of sp³-hybridized carbons (Fsp3) is 0.714. The maximum Gasteiger partial charge on any atom is 0.236 e. The molecule has 1 aliphatic rings. The Morgan fingerprint density at radius 3 is 2.65 bits per heavy atom. The lowest BCUT2D eigenvalue weighted by molar-refractivity contribution is -0.131. The van der Waals surface area contributed by atoms with Crippen LogP contribution in [0.25, 0.3) is 0 Å². The highest BCUT2D eigenvalue weighted by Crippen LogP contribution is 2.20. The molecule has 1 N–H and O–H groups in total. The van der Waals surface area contributed by atoms with E-state index < -0.39 is 0 Å². The van der Waals surface area contributed by atoms with Crippen molar-refractivity contribution in [2.24, 2.45) is 7.05 Å². The molecule has 2 rings (SSSR count). The summed E-state index contributed by atoms with van der Waals surface area (Å²) in [7, 11) is 1.88. The van der Waals surface area contributed by atoms with Gasteiger partial charge in [-0.05, 0) is 25.7 Å². The monoisotopic (exact) mass is 298 g/mol. The summed E-state index contributed by atoms with van der Waals surface area (Å²) in [6, 6.07) is 0. The molecule has 0 unspecified atom stereocenters. The Kier molecular flexibility index (Phi) is 5.43. The van der Waals surface area contributed by atoms with Gasteiger partial charge in [-0.2, -0.15) is 5.10 Å². The highest BCUT2D eigenvalue weighted by atomic mass is 35.5. The van der Waals surface area contributed by atoms with Gasteiger partial charge in [-0.1, -0.05) is 18.5 Å². The second kappa shape index (κ2) is 7.09. The normalized spacial score (nSPS) is 15.7. The number of likely N-dealkylation sites (tertiary alicyclic amines) is 1. The molecule has 1 amide bonds. The van der Waals surface area contributed by atoms with Crippen molar-refractivity contribution in [2.45, 2.75) is 39.2 Å². The van der Waals surface area contributed by atoms with E-state index in [4.69, 9.17) is 11.6 Å². The van der Waals surface area contributed by atoms with Crippen molar-refractivity contribution in [1.29, 1.82) is 0 Å². The average molecular weight is 299 g/mol. The Labute approximate surface area is 125 Å². The molecule has 2 heterocycles. The first kappa shape index (κ1) is 15.3. The van der Waals surface area contributed by atoms with E-state index in [9.17, 15) is 4.79 Å². The molecule has 1 aromatic rings. The van der Waals surface area contributed by atoms with Crippen LogP contribution < -0.4 is 5.32 Å². The molecule has 0 radical (unpaired) electrons. The number of aryl methyl sites for hydroxylation is 2. The van der Waals surface area contributed by atoms with Crippen molar-refractivity contribution in [2.75, 3.05) is 19.6 Å². The quantitative estimate of drug-likeness (QED) is 0.901. The van der Waals surface area contributed by atoms with Crippen molar-refractivity contribution in [3.63, 3.8) is 0 Å². The van der Waals surface area contributed by atoms with E-state index >= 15 is 0 Å². The summed E-state index contributed by atoms with van der Waals surface area (Å²) >= 11 is 6.28. The maximum atomic E-state index is 12.0. The molecule has 1 aliphatic heterocycles. The summed E-state index contributed by atoms with van der Waals surface area (Å²) in [4.78, 5) is 14.0. The van der Waals surface area contributed by atoms with Gasteiger partial charge in [-0.3, -0.25) is 9.48 Å². The van der Waals surface area contributed by atoms with Gasteiger partial charge < -0.3 is 10.2 Å². The summed E-state index contributed by atoms with van der Waals surface area (Å²) in [5.41, 5.74) is 1.85. The van der Waals surface area contributed by atoms with Crippen LogP contribution in [0.15, 0.2) is 0 Å². The number of carbonyl (C=O) groups excluding carboxylic acids is 1. The number of rotatable bonds is 5. The molecule has 1 aromatic heterocycles. The summed E-state index contributed by atoms with van der Waals surface area (Å²) in [5.74, 6) is 0.179. The van der Waals surface area contributed by atoms with Crippen LogP contribution in [-0.4, -0.2) is 40.2 Å². The Balaban J connectivity index is 1.83. The summed E-state index contributed by atoms with van der Waals surface area (Å²) in [5, 5.41) is 8.26. The zero-order chi connectivity index (χ0) is 14.5. The second-order valence-electron chi connectivity index (χ2n) is 5.23. The number of amides is 1. The van der Waals surface area contributed by atoms with Gasteiger partial charge in [0.25, 0.3) is 0 Å². The van der Waals surface area contributed by atoms with Gasteiger partial charge in [0.15, 0.2) is 0 Å². The average Bonchev–Trinajstić information content (AvgIpc) is 2.75. The molecule has 0 atom stereocenters. The van der Waals surface area contributed by atoms with Gasteiger partial charge in [-0.25, -0.2) is 0 Å². The van der Waals surface area contributed by atoms with Crippen LogP contribution in [-0.2, 0) is 24.8 Å². The minimum absolute atomic E-state index is 0.179. The van der Waals surface area contributed by atoms with Crippen LogP contribution in [0.3, 0.4) is 0 Å². The van der Waals surface area contributed by atoms with E-state index in [1.54, 1.807) is 4.68 Å². The fourth-order valence-corrected chi connectivity index (χ4v) is 2.92. The van der Waals surface area contributed by atoms with E-state index in [2.05, 4.69) is 10.4 Å².